The van der Waals surface area contributed by atoms with E-state index in [1.165, 1.54) is 19.5 Å². The van der Waals surface area contributed by atoms with Gasteiger partial charge in [0.1, 0.15) is 17.5 Å². The standard InChI is InChI=1S/C23H24N4O4S/c1-30-20-9-4-3-8-18(20)22(28)27-19(10-13-32-2)23(29)26-16-6-5-7-17(14-16)31-21-15-24-11-12-25-21/h3-9,11-12,14-15,19H,10,13H2,1-2H3,(H,26,29)(H,27,28). The molecule has 0 aliphatic carbocycles. The Kier molecular flexibility index (Phi) is 8.44. The number of hydrogen-bond donors (Lipinski definition) is 2. The average Bonchev–Trinajstić information content (AvgIpc) is 2.82. The van der Waals surface area contributed by atoms with Crippen molar-refractivity contribution in [2.45, 2.75) is 12.5 Å². The van der Waals surface area contributed by atoms with Crippen molar-refractivity contribution < 1.29 is 19.1 Å². The molecule has 3 aromatic rings. The van der Waals surface area contributed by atoms with Crippen LogP contribution >= 0.6 is 11.8 Å². The number of amides is 2. The van der Waals surface area contributed by atoms with Gasteiger partial charge in [-0.25, -0.2) is 4.98 Å². The van der Waals surface area contributed by atoms with Crippen LogP contribution in [-0.2, 0) is 4.79 Å². The van der Waals surface area contributed by atoms with Gasteiger partial charge < -0.3 is 20.1 Å². The van der Waals surface area contributed by atoms with E-state index in [2.05, 4.69) is 20.6 Å². The second kappa shape index (κ2) is 11.7. The maximum atomic E-state index is 13.0. The molecule has 0 radical (unpaired) electrons. The first-order valence-corrected chi connectivity index (χ1v) is 11.3. The van der Waals surface area contributed by atoms with Crippen LogP contribution in [0.4, 0.5) is 5.69 Å². The summed E-state index contributed by atoms with van der Waals surface area (Å²) in [5, 5.41) is 5.68. The lowest BCUT2D eigenvalue weighted by molar-refractivity contribution is -0.118. The van der Waals surface area contributed by atoms with Crippen molar-refractivity contribution in [3.05, 3.63) is 72.7 Å². The lowest BCUT2D eigenvalue weighted by Gasteiger charge is -2.19. The molecule has 2 aromatic carbocycles. The van der Waals surface area contributed by atoms with Crippen molar-refractivity contribution in [1.29, 1.82) is 0 Å². The number of thioether (sulfide) groups is 1. The molecule has 0 saturated heterocycles. The number of benzene rings is 2. The summed E-state index contributed by atoms with van der Waals surface area (Å²) in [7, 11) is 1.50. The number of hydrogen-bond acceptors (Lipinski definition) is 7. The molecule has 1 heterocycles. The molecular formula is C23H24N4O4S. The minimum absolute atomic E-state index is 0.320. The topological polar surface area (TPSA) is 102 Å². The largest absolute Gasteiger partial charge is 0.496 e. The summed E-state index contributed by atoms with van der Waals surface area (Å²) < 4.78 is 10.9. The fourth-order valence-corrected chi connectivity index (χ4v) is 3.37. The molecule has 2 N–H and O–H groups in total. The summed E-state index contributed by atoms with van der Waals surface area (Å²) in [5.74, 6) is 1.31. The zero-order chi connectivity index (χ0) is 22.8. The molecule has 0 bridgehead atoms. The molecular weight excluding hydrogens is 428 g/mol. The Labute approximate surface area is 190 Å². The molecule has 0 spiro atoms. The SMILES string of the molecule is COc1ccccc1C(=O)NC(CCSC)C(=O)Nc1cccc(Oc2cnccn2)c1. The number of carbonyl (C=O) groups excluding carboxylic acids is 2. The van der Waals surface area contributed by atoms with E-state index in [9.17, 15) is 9.59 Å². The summed E-state index contributed by atoms with van der Waals surface area (Å²) >= 11 is 1.60. The molecule has 0 aliphatic rings. The van der Waals surface area contributed by atoms with Crippen molar-refractivity contribution in [3.63, 3.8) is 0 Å². The van der Waals surface area contributed by atoms with Crippen molar-refractivity contribution in [1.82, 2.24) is 15.3 Å². The lowest BCUT2D eigenvalue weighted by Crippen LogP contribution is -2.44. The van der Waals surface area contributed by atoms with E-state index in [4.69, 9.17) is 9.47 Å². The first kappa shape index (κ1) is 23.1. The molecule has 1 aromatic heterocycles. The number of para-hydroxylation sites is 1. The smallest absolute Gasteiger partial charge is 0.255 e. The van der Waals surface area contributed by atoms with E-state index >= 15 is 0 Å². The highest BCUT2D eigenvalue weighted by molar-refractivity contribution is 7.98. The van der Waals surface area contributed by atoms with Crippen molar-refractivity contribution >= 4 is 29.3 Å². The molecule has 8 nitrogen and oxygen atoms in total. The van der Waals surface area contributed by atoms with Gasteiger partial charge in [0, 0.05) is 24.1 Å². The summed E-state index contributed by atoms with van der Waals surface area (Å²) in [4.78, 5) is 33.8. The normalized spacial score (nSPS) is 11.3. The first-order valence-electron chi connectivity index (χ1n) is 9.88. The van der Waals surface area contributed by atoms with Crippen LogP contribution in [0, 0.1) is 0 Å². The van der Waals surface area contributed by atoms with Gasteiger partial charge in [-0.15, -0.1) is 0 Å². The zero-order valence-electron chi connectivity index (χ0n) is 17.8. The molecule has 9 heteroatoms. The minimum atomic E-state index is -0.718. The third-order valence-corrected chi connectivity index (χ3v) is 5.09. The first-order chi connectivity index (χ1) is 15.6. The quantitative estimate of drug-likeness (QED) is 0.483. The molecule has 0 saturated carbocycles. The maximum absolute atomic E-state index is 13.0. The number of nitrogens with zero attached hydrogens (tertiary/aromatic N) is 2. The molecule has 3 rings (SSSR count). The molecule has 2 amide bonds. The number of aromatic nitrogens is 2. The highest BCUT2D eigenvalue weighted by Crippen LogP contribution is 2.22. The van der Waals surface area contributed by atoms with Crippen LogP contribution in [0.2, 0.25) is 0 Å². The second-order valence-electron chi connectivity index (χ2n) is 6.67. The van der Waals surface area contributed by atoms with Crippen LogP contribution < -0.4 is 20.1 Å². The Morgan fingerprint density at radius 1 is 1.12 bits per heavy atom. The summed E-state index contributed by atoms with van der Waals surface area (Å²) in [5.41, 5.74) is 0.911. The number of anilines is 1. The molecule has 1 atom stereocenters. The fraction of sp³-hybridized carbons (Fsp3) is 0.217. The third kappa shape index (κ3) is 6.45. The van der Waals surface area contributed by atoms with Gasteiger partial charge in [0.25, 0.3) is 5.91 Å². The van der Waals surface area contributed by atoms with Crippen LogP contribution in [0.3, 0.4) is 0 Å². The second-order valence-corrected chi connectivity index (χ2v) is 7.66. The fourth-order valence-electron chi connectivity index (χ4n) is 2.90. The number of ether oxygens (including phenoxy) is 2. The van der Waals surface area contributed by atoms with E-state index in [-0.39, 0.29) is 11.8 Å². The van der Waals surface area contributed by atoms with Crippen molar-refractivity contribution in [2.75, 3.05) is 24.4 Å². The molecule has 1 unspecified atom stereocenters. The predicted octanol–water partition coefficient (Wildman–Crippen LogP) is 3.77. The Hall–Kier alpha value is -3.59. The highest BCUT2D eigenvalue weighted by atomic mass is 32.2. The van der Waals surface area contributed by atoms with E-state index in [0.717, 1.165) is 0 Å². The van der Waals surface area contributed by atoms with Gasteiger partial charge in [0.2, 0.25) is 11.8 Å². The van der Waals surface area contributed by atoms with Crippen LogP contribution in [-0.4, -0.2) is 46.9 Å². The number of methoxy groups -OCH3 is 1. The van der Waals surface area contributed by atoms with Crippen LogP contribution in [0.1, 0.15) is 16.8 Å². The van der Waals surface area contributed by atoms with E-state index in [0.29, 0.717) is 40.8 Å². The van der Waals surface area contributed by atoms with E-state index in [1.54, 1.807) is 66.5 Å². The Morgan fingerprint density at radius 3 is 2.72 bits per heavy atom. The molecule has 0 aliphatic heterocycles. The third-order valence-electron chi connectivity index (χ3n) is 4.45. The number of nitrogens with one attached hydrogen (secondary N) is 2. The summed E-state index contributed by atoms with van der Waals surface area (Å²) in [6.07, 6.45) is 7.00. The van der Waals surface area contributed by atoms with Gasteiger partial charge in [0.05, 0.1) is 18.9 Å². The van der Waals surface area contributed by atoms with E-state index in [1.807, 2.05) is 6.26 Å². The Balaban J connectivity index is 1.70. The minimum Gasteiger partial charge on any atom is -0.496 e. The van der Waals surface area contributed by atoms with Gasteiger partial charge in [0.15, 0.2) is 0 Å². The van der Waals surface area contributed by atoms with E-state index < -0.39 is 6.04 Å². The average molecular weight is 453 g/mol. The van der Waals surface area contributed by atoms with Crippen LogP contribution in [0.5, 0.6) is 17.4 Å². The van der Waals surface area contributed by atoms with Crippen molar-refractivity contribution in [3.8, 4) is 17.4 Å². The van der Waals surface area contributed by atoms with Gasteiger partial charge in [-0.2, -0.15) is 11.8 Å². The van der Waals surface area contributed by atoms with Gasteiger partial charge in [-0.1, -0.05) is 18.2 Å². The number of rotatable bonds is 10. The zero-order valence-corrected chi connectivity index (χ0v) is 18.6. The monoisotopic (exact) mass is 452 g/mol. The van der Waals surface area contributed by atoms with Gasteiger partial charge in [-0.05, 0) is 42.7 Å². The molecule has 166 valence electrons. The molecule has 0 fully saturated rings. The van der Waals surface area contributed by atoms with Crippen LogP contribution in [0.25, 0.3) is 0 Å². The van der Waals surface area contributed by atoms with Gasteiger partial charge in [-0.3, -0.25) is 14.6 Å². The van der Waals surface area contributed by atoms with Crippen molar-refractivity contribution in [2.24, 2.45) is 0 Å². The Morgan fingerprint density at radius 2 is 1.97 bits per heavy atom. The van der Waals surface area contributed by atoms with Crippen LogP contribution in [0.15, 0.2) is 67.1 Å². The lowest BCUT2D eigenvalue weighted by atomic mass is 10.1. The highest BCUT2D eigenvalue weighted by Gasteiger charge is 2.23. The number of carbonyl (C=O) groups is 2. The van der Waals surface area contributed by atoms with Gasteiger partial charge >= 0.3 is 0 Å². The summed E-state index contributed by atoms with van der Waals surface area (Å²) in [6, 6.07) is 13.1. The summed E-state index contributed by atoms with van der Waals surface area (Å²) in [6.45, 7) is 0. The predicted molar refractivity (Wildman–Crippen MR) is 124 cm³/mol. The Bertz CT molecular complexity index is 1050. The maximum Gasteiger partial charge on any atom is 0.255 e. The molecule has 32 heavy (non-hydrogen) atoms.